The van der Waals surface area contributed by atoms with Crippen molar-refractivity contribution in [2.75, 3.05) is 0 Å². The van der Waals surface area contributed by atoms with E-state index in [1.54, 1.807) is 0 Å². The molecule has 0 spiro atoms. The first kappa shape index (κ1) is 40.4. The predicted molar refractivity (Wildman–Crippen MR) is 210 cm³/mol. The van der Waals surface area contributed by atoms with Crippen molar-refractivity contribution in [1.29, 1.82) is 0 Å². The number of fused-ring (bicyclic) bond motifs is 2. The molecule has 0 saturated heterocycles. The van der Waals surface area contributed by atoms with Crippen molar-refractivity contribution >= 4 is 28.4 Å². The van der Waals surface area contributed by atoms with Gasteiger partial charge in [-0.3, -0.25) is 0 Å². The van der Waals surface area contributed by atoms with E-state index in [9.17, 15) is 0 Å². The molecule has 47 heavy (non-hydrogen) atoms. The van der Waals surface area contributed by atoms with Crippen molar-refractivity contribution in [3.63, 3.8) is 0 Å². The number of benzene rings is 4. The van der Waals surface area contributed by atoms with Gasteiger partial charge in [-0.15, -0.1) is 68.6 Å². The summed E-state index contributed by atoms with van der Waals surface area (Å²) >= 11 is 1.36. The van der Waals surface area contributed by atoms with Gasteiger partial charge in [-0.05, 0) is 45.9 Å². The van der Waals surface area contributed by atoms with Crippen LogP contribution in [0.25, 0.3) is 43.8 Å². The number of hydrogen-bond acceptors (Lipinski definition) is 0. The Morgan fingerprint density at radius 1 is 0.702 bits per heavy atom. The minimum absolute atomic E-state index is 0. The Hall–Kier alpha value is -2.80. The molecule has 6 aromatic carbocycles. The van der Waals surface area contributed by atoms with Gasteiger partial charge in [-0.2, -0.15) is 12.1 Å². The summed E-state index contributed by atoms with van der Waals surface area (Å²) < 4.78 is 0. The monoisotopic (exact) mass is 712 g/mol. The Kier molecular flexibility index (Phi) is 15.1. The van der Waals surface area contributed by atoms with Crippen molar-refractivity contribution in [3.05, 3.63) is 146 Å². The van der Waals surface area contributed by atoms with Crippen LogP contribution in [0, 0.1) is 28.7 Å². The number of rotatable bonds is 5. The zero-order valence-corrected chi connectivity index (χ0v) is 34.1. The fourth-order valence-corrected chi connectivity index (χ4v) is 6.06. The molecule has 2 radical (unpaired) electrons. The van der Waals surface area contributed by atoms with Crippen molar-refractivity contribution in [1.82, 2.24) is 0 Å². The average Bonchev–Trinajstić information content (AvgIpc) is 3.66. The van der Waals surface area contributed by atoms with Crippen LogP contribution in [0.1, 0.15) is 94.5 Å². The summed E-state index contributed by atoms with van der Waals surface area (Å²) in [5, 5.41) is 5.48. The number of hydrogen-bond donors (Lipinski definition) is 0. The van der Waals surface area contributed by atoms with Crippen LogP contribution in [-0.4, -0.2) is 6.88 Å². The summed E-state index contributed by atoms with van der Waals surface area (Å²) in [6, 6.07) is 38.6. The quantitative estimate of drug-likeness (QED) is 0.123. The fourth-order valence-electron chi connectivity index (χ4n) is 6.06. The maximum atomic E-state index is 3.06. The molecule has 0 aromatic heterocycles. The normalized spacial score (nSPS) is 11.5. The molecule has 0 heterocycles. The van der Waals surface area contributed by atoms with E-state index in [2.05, 4.69) is 172 Å². The summed E-state index contributed by atoms with van der Waals surface area (Å²) in [6.45, 7) is 23.3. The van der Waals surface area contributed by atoms with E-state index in [0.29, 0.717) is 11.8 Å². The molecular formula is C45H54SiZr-4. The van der Waals surface area contributed by atoms with Crippen LogP contribution in [0.4, 0.5) is 0 Å². The molecule has 246 valence electrons. The van der Waals surface area contributed by atoms with E-state index in [1.807, 2.05) is 0 Å². The molecule has 0 aliphatic carbocycles. The van der Waals surface area contributed by atoms with Crippen LogP contribution in [0.15, 0.2) is 103 Å². The molecule has 0 amide bonds. The SMILES string of the molecule is CCC(C)c1ccc(-c2cccc3[cH-]c(C(C)C)cc23)cc1.Cc1cc2c(-c3ccc(C(C)(C)C)cc3)ccc(C)c2[cH-]1.[CH3-].[CH3-].[Si]=[Zr]. The topological polar surface area (TPSA) is 0 Å². The van der Waals surface area contributed by atoms with Gasteiger partial charge in [0.2, 0.25) is 0 Å². The van der Waals surface area contributed by atoms with E-state index in [0.717, 1.165) is 0 Å². The molecule has 2 heteroatoms. The van der Waals surface area contributed by atoms with Crippen LogP contribution >= 0.6 is 0 Å². The van der Waals surface area contributed by atoms with Gasteiger partial charge >= 0.3 is 30.2 Å². The standard InChI is InChI=1S/C22H25.C21H23.2CH3.Si.Zr/c1-5-16(4)17-9-11-18(12-10-17)21-8-6-7-19-13-20(15(2)3)14-22(19)21;1-14-12-19-15(2)6-11-18(20(19)13-14)16-7-9-17(10-8-16)21(3,4)5;;;;/h6-16H,5H2,1-4H3;6-13H,1-5H3;2*1H3;;/q4*-1;;. The Morgan fingerprint density at radius 2 is 1.28 bits per heavy atom. The second kappa shape index (κ2) is 17.6. The molecule has 6 aromatic rings. The van der Waals surface area contributed by atoms with Crippen molar-refractivity contribution < 1.29 is 23.3 Å². The summed E-state index contributed by atoms with van der Waals surface area (Å²) in [4.78, 5) is 0. The van der Waals surface area contributed by atoms with E-state index >= 15 is 0 Å². The minimum atomic E-state index is 0. The van der Waals surface area contributed by atoms with Crippen molar-refractivity contribution in [2.24, 2.45) is 0 Å². The van der Waals surface area contributed by atoms with Gasteiger partial charge in [0.05, 0.1) is 0 Å². The Labute approximate surface area is 304 Å². The molecular weight excluding hydrogens is 660 g/mol. The van der Waals surface area contributed by atoms with Crippen LogP contribution in [0.2, 0.25) is 0 Å². The van der Waals surface area contributed by atoms with Crippen LogP contribution in [0.5, 0.6) is 0 Å². The molecule has 0 fully saturated rings. The molecule has 0 N–H and O–H groups in total. The van der Waals surface area contributed by atoms with Gasteiger partial charge in [0.25, 0.3) is 0 Å². The average molecular weight is 714 g/mol. The molecule has 1 atom stereocenters. The van der Waals surface area contributed by atoms with Gasteiger partial charge in [-0.25, -0.2) is 0 Å². The zero-order chi connectivity index (χ0) is 32.9. The number of aryl methyl sites for hydroxylation is 2. The van der Waals surface area contributed by atoms with E-state index in [4.69, 9.17) is 0 Å². The molecule has 0 aliphatic rings. The first-order chi connectivity index (χ1) is 21.5. The third-order valence-corrected chi connectivity index (χ3v) is 9.15. The molecule has 0 nitrogen and oxygen atoms in total. The maximum absolute atomic E-state index is 3.06. The zero-order valence-electron chi connectivity index (χ0n) is 30.7. The van der Waals surface area contributed by atoms with Crippen LogP contribution in [-0.2, 0) is 28.8 Å². The first-order valence-corrected chi connectivity index (χ1v) is 20.5. The van der Waals surface area contributed by atoms with Gasteiger partial charge in [0, 0.05) is 0 Å². The summed E-state index contributed by atoms with van der Waals surface area (Å²) in [5.41, 5.74) is 12.5. The van der Waals surface area contributed by atoms with E-state index < -0.39 is 0 Å². The molecule has 1 unspecified atom stereocenters. The van der Waals surface area contributed by atoms with Gasteiger partial charge in [0.15, 0.2) is 0 Å². The molecule has 0 bridgehead atoms. The molecule has 0 saturated carbocycles. The van der Waals surface area contributed by atoms with Gasteiger partial charge in [-0.1, -0.05) is 134 Å². The van der Waals surface area contributed by atoms with Crippen molar-refractivity contribution in [2.45, 2.75) is 86.0 Å². The molecule has 0 aliphatic heterocycles. The first-order valence-electron chi connectivity index (χ1n) is 16.3. The summed E-state index contributed by atoms with van der Waals surface area (Å²) in [6.07, 6.45) is 1.19. The predicted octanol–water partition coefficient (Wildman–Crippen LogP) is 13.5. The van der Waals surface area contributed by atoms with Gasteiger partial charge < -0.3 is 14.9 Å². The van der Waals surface area contributed by atoms with E-state index in [1.165, 1.54) is 101 Å². The second-order valence-corrected chi connectivity index (χ2v) is 13.8. The van der Waals surface area contributed by atoms with Crippen LogP contribution in [0.3, 0.4) is 0 Å². The summed E-state index contributed by atoms with van der Waals surface area (Å²) in [7, 11) is 0. The van der Waals surface area contributed by atoms with Crippen molar-refractivity contribution in [3.8, 4) is 22.3 Å². The Morgan fingerprint density at radius 3 is 1.83 bits per heavy atom. The fraction of sp³-hybridized carbons (Fsp3) is 0.289. The second-order valence-electron chi connectivity index (χ2n) is 13.8. The Balaban J connectivity index is 0.000000299. The van der Waals surface area contributed by atoms with Crippen LogP contribution < -0.4 is 0 Å². The third kappa shape index (κ3) is 9.43. The molecule has 6 rings (SSSR count). The summed E-state index contributed by atoms with van der Waals surface area (Å²) in [5.74, 6) is 1.21. The van der Waals surface area contributed by atoms with Gasteiger partial charge in [0.1, 0.15) is 0 Å². The Bertz CT molecular complexity index is 1840. The van der Waals surface area contributed by atoms with E-state index in [-0.39, 0.29) is 20.3 Å². The third-order valence-electron chi connectivity index (χ3n) is 9.15.